The van der Waals surface area contributed by atoms with Gasteiger partial charge in [-0.25, -0.2) is 0 Å². The molecule has 1 N–H and O–H groups in total. The topological polar surface area (TPSA) is 21.3 Å². The molecule has 2 nitrogen and oxygen atoms in total. The average Bonchev–Trinajstić information content (AvgIpc) is 2.36. The highest BCUT2D eigenvalue weighted by Gasteiger charge is 2.00. The minimum absolute atomic E-state index is 0.721. The molecule has 1 aromatic rings. The standard InChI is InChI=1S/C14H21Cl2NO/c1-2-3-8-18-9-4-7-17-11-12-10-13(15)5-6-14(12)16/h5-6,10,17H,2-4,7-9,11H2,1H3. The first kappa shape index (κ1) is 15.8. The van der Waals surface area contributed by atoms with Gasteiger partial charge in [-0.2, -0.15) is 0 Å². The highest BCUT2D eigenvalue weighted by molar-refractivity contribution is 6.33. The lowest BCUT2D eigenvalue weighted by Gasteiger charge is -2.07. The van der Waals surface area contributed by atoms with Crippen molar-refractivity contribution in [2.75, 3.05) is 19.8 Å². The minimum atomic E-state index is 0.721. The smallest absolute Gasteiger partial charge is 0.0478 e. The predicted molar refractivity (Wildman–Crippen MR) is 78.5 cm³/mol. The summed E-state index contributed by atoms with van der Waals surface area (Å²) in [6, 6.07) is 5.53. The molecular formula is C14H21Cl2NO. The summed E-state index contributed by atoms with van der Waals surface area (Å²) < 4.78 is 5.48. The SMILES string of the molecule is CCCCOCCCNCc1cc(Cl)ccc1Cl. The minimum Gasteiger partial charge on any atom is -0.381 e. The quantitative estimate of drug-likeness (QED) is 0.685. The Bertz CT molecular complexity index is 345. The van der Waals surface area contributed by atoms with Crippen LogP contribution in [0.1, 0.15) is 31.7 Å². The van der Waals surface area contributed by atoms with E-state index in [1.165, 1.54) is 6.42 Å². The summed E-state index contributed by atoms with van der Waals surface area (Å²) in [7, 11) is 0. The number of nitrogens with one attached hydrogen (secondary N) is 1. The van der Waals surface area contributed by atoms with Crippen molar-refractivity contribution in [2.45, 2.75) is 32.7 Å². The average molecular weight is 290 g/mol. The summed E-state index contributed by atoms with van der Waals surface area (Å²) in [6.07, 6.45) is 3.35. The molecule has 102 valence electrons. The third kappa shape index (κ3) is 6.60. The van der Waals surface area contributed by atoms with E-state index < -0.39 is 0 Å². The van der Waals surface area contributed by atoms with Crippen molar-refractivity contribution in [1.29, 1.82) is 0 Å². The van der Waals surface area contributed by atoms with Gasteiger partial charge in [-0.1, -0.05) is 36.5 Å². The van der Waals surface area contributed by atoms with Gasteiger partial charge in [0.25, 0.3) is 0 Å². The van der Waals surface area contributed by atoms with Crippen LogP contribution in [-0.2, 0) is 11.3 Å². The lowest BCUT2D eigenvalue weighted by atomic mass is 10.2. The number of benzene rings is 1. The number of hydrogen-bond acceptors (Lipinski definition) is 2. The summed E-state index contributed by atoms with van der Waals surface area (Å²) in [6.45, 7) is 5.52. The van der Waals surface area contributed by atoms with Crippen molar-refractivity contribution in [3.8, 4) is 0 Å². The van der Waals surface area contributed by atoms with Crippen LogP contribution in [0.25, 0.3) is 0 Å². The van der Waals surface area contributed by atoms with Crippen LogP contribution in [0.5, 0.6) is 0 Å². The molecule has 0 fully saturated rings. The molecule has 0 saturated carbocycles. The number of unbranched alkanes of at least 4 members (excludes halogenated alkanes) is 1. The predicted octanol–water partition coefficient (Wildman–Crippen LogP) is 4.29. The normalized spacial score (nSPS) is 10.8. The molecule has 0 aromatic heterocycles. The van der Waals surface area contributed by atoms with Gasteiger partial charge >= 0.3 is 0 Å². The molecule has 1 rings (SSSR count). The van der Waals surface area contributed by atoms with Gasteiger partial charge in [0.1, 0.15) is 0 Å². The summed E-state index contributed by atoms with van der Waals surface area (Å²) in [4.78, 5) is 0. The van der Waals surface area contributed by atoms with Gasteiger partial charge in [-0.05, 0) is 43.1 Å². The van der Waals surface area contributed by atoms with E-state index in [0.717, 1.165) is 54.8 Å². The van der Waals surface area contributed by atoms with Crippen molar-refractivity contribution in [1.82, 2.24) is 5.32 Å². The van der Waals surface area contributed by atoms with Crippen molar-refractivity contribution in [3.05, 3.63) is 33.8 Å². The van der Waals surface area contributed by atoms with Crippen molar-refractivity contribution in [2.24, 2.45) is 0 Å². The van der Waals surface area contributed by atoms with Crippen LogP contribution in [0.2, 0.25) is 10.0 Å². The molecule has 0 aliphatic rings. The maximum Gasteiger partial charge on any atom is 0.0478 e. The van der Waals surface area contributed by atoms with Gasteiger partial charge in [-0.3, -0.25) is 0 Å². The molecule has 0 radical (unpaired) electrons. The third-order valence-corrected chi connectivity index (χ3v) is 3.21. The lowest BCUT2D eigenvalue weighted by Crippen LogP contribution is -2.16. The second-order valence-corrected chi connectivity index (χ2v) is 5.08. The van der Waals surface area contributed by atoms with Crippen LogP contribution < -0.4 is 5.32 Å². The van der Waals surface area contributed by atoms with Gasteiger partial charge in [0.15, 0.2) is 0 Å². The molecule has 0 unspecified atom stereocenters. The zero-order valence-electron chi connectivity index (χ0n) is 10.8. The molecular weight excluding hydrogens is 269 g/mol. The Morgan fingerprint density at radius 1 is 1.17 bits per heavy atom. The van der Waals surface area contributed by atoms with E-state index in [2.05, 4.69) is 12.2 Å². The second kappa shape index (κ2) is 9.62. The molecule has 0 atom stereocenters. The van der Waals surface area contributed by atoms with Gasteiger partial charge in [0.05, 0.1) is 0 Å². The zero-order valence-corrected chi connectivity index (χ0v) is 12.4. The Morgan fingerprint density at radius 3 is 2.72 bits per heavy atom. The Balaban J connectivity index is 2.09. The van der Waals surface area contributed by atoms with Crippen LogP contribution >= 0.6 is 23.2 Å². The Kier molecular flexibility index (Phi) is 8.44. The summed E-state index contributed by atoms with van der Waals surface area (Å²) in [5.74, 6) is 0. The highest BCUT2D eigenvalue weighted by Crippen LogP contribution is 2.20. The van der Waals surface area contributed by atoms with E-state index in [1.807, 2.05) is 12.1 Å². The van der Waals surface area contributed by atoms with Crippen molar-refractivity contribution < 1.29 is 4.74 Å². The molecule has 0 spiro atoms. The molecule has 0 amide bonds. The first-order chi connectivity index (χ1) is 8.74. The van der Waals surface area contributed by atoms with Crippen molar-refractivity contribution >= 4 is 23.2 Å². The Labute approximate surface area is 120 Å². The van der Waals surface area contributed by atoms with Gasteiger partial charge < -0.3 is 10.1 Å². The van der Waals surface area contributed by atoms with E-state index in [1.54, 1.807) is 6.07 Å². The molecule has 0 bridgehead atoms. The van der Waals surface area contributed by atoms with Gasteiger partial charge in [0, 0.05) is 29.8 Å². The summed E-state index contributed by atoms with van der Waals surface area (Å²) in [5, 5.41) is 4.81. The maximum absolute atomic E-state index is 6.07. The summed E-state index contributed by atoms with van der Waals surface area (Å²) >= 11 is 12.0. The molecule has 0 aliphatic carbocycles. The number of halogens is 2. The number of hydrogen-bond donors (Lipinski definition) is 1. The fourth-order valence-electron chi connectivity index (χ4n) is 1.55. The highest BCUT2D eigenvalue weighted by atomic mass is 35.5. The van der Waals surface area contributed by atoms with Crippen LogP contribution in [0, 0.1) is 0 Å². The van der Waals surface area contributed by atoms with Crippen LogP contribution in [-0.4, -0.2) is 19.8 Å². The second-order valence-electron chi connectivity index (χ2n) is 4.23. The number of ether oxygens (including phenoxy) is 1. The Morgan fingerprint density at radius 2 is 1.94 bits per heavy atom. The van der Waals surface area contributed by atoms with E-state index in [-0.39, 0.29) is 0 Å². The van der Waals surface area contributed by atoms with E-state index in [4.69, 9.17) is 27.9 Å². The third-order valence-electron chi connectivity index (χ3n) is 2.61. The first-order valence-electron chi connectivity index (χ1n) is 6.46. The molecule has 1 aromatic carbocycles. The van der Waals surface area contributed by atoms with E-state index >= 15 is 0 Å². The maximum atomic E-state index is 6.07. The van der Waals surface area contributed by atoms with Gasteiger partial charge in [-0.15, -0.1) is 0 Å². The van der Waals surface area contributed by atoms with E-state index in [9.17, 15) is 0 Å². The number of rotatable bonds is 9. The van der Waals surface area contributed by atoms with E-state index in [0.29, 0.717) is 0 Å². The molecule has 4 heteroatoms. The van der Waals surface area contributed by atoms with Crippen molar-refractivity contribution in [3.63, 3.8) is 0 Å². The monoisotopic (exact) mass is 289 g/mol. The first-order valence-corrected chi connectivity index (χ1v) is 7.22. The fourth-order valence-corrected chi connectivity index (χ4v) is 1.93. The molecule has 0 aliphatic heterocycles. The lowest BCUT2D eigenvalue weighted by molar-refractivity contribution is 0.129. The van der Waals surface area contributed by atoms with Crippen LogP contribution in [0.4, 0.5) is 0 Å². The van der Waals surface area contributed by atoms with Crippen LogP contribution in [0.3, 0.4) is 0 Å². The molecule has 18 heavy (non-hydrogen) atoms. The summed E-state index contributed by atoms with van der Waals surface area (Å²) in [5.41, 5.74) is 1.04. The largest absolute Gasteiger partial charge is 0.381 e. The zero-order chi connectivity index (χ0) is 13.2. The Hall–Kier alpha value is -0.280. The van der Waals surface area contributed by atoms with Crippen LogP contribution in [0.15, 0.2) is 18.2 Å². The fraction of sp³-hybridized carbons (Fsp3) is 0.571. The van der Waals surface area contributed by atoms with Gasteiger partial charge in [0.2, 0.25) is 0 Å². The molecule has 0 saturated heterocycles. The molecule has 0 heterocycles.